The second-order valence-corrected chi connectivity index (χ2v) is 13.7. The Balaban J connectivity index is 1.84. The molecule has 4 aromatic carbocycles. The zero-order valence-electron chi connectivity index (χ0n) is 27.0. The molecule has 48 heavy (non-hydrogen) atoms. The molecule has 0 fully saturated rings. The number of nitro groups is 1. The first-order chi connectivity index (χ1) is 22.8. The van der Waals surface area contributed by atoms with Crippen molar-refractivity contribution in [2.75, 3.05) is 18.0 Å². The molecule has 4 rings (SSSR count). The summed E-state index contributed by atoms with van der Waals surface area (Å²) in [6.45, 7) is 4.36. The minimum atomic E-state index is -4.55. The minimum absolute atomic E-state index is 0.0362. The molecule has 0 aliphatic heterocycles. The van der Waals surface area contributed by atoms with Gasteiger partial charge >= 0.3 is 0 Å². The van der Waals surface area contributed by atoms with Gasteiger partial charge in [-0.2, -0.15) is 0 Å². The van der Waals surface area contributed by atoms with E-state index in [1.54, 1.807) is 36.4 Å². The molecule has 0 unspecified atom stereocenters. The molecule has 1 N–H and O–H groups in total. The van der Waals surface area contributed by atoms with Crippen molar-refractivity contribution < 1.29 is 27.7 Å². The number of methoxy groups -OCH3 is 1. The molecule has 0 saturated heterocycles. The molecule has 0 heterocycles. The van der Waals surface area contributed by atoms with Crippen LogP contribution in [-0.2, 0) is 32.6 Å². The van der Waals surface area contributed by atoms with Crippen molar-refractivity contribution in [2.45, 2.75) is 50.7 Å². The molecule has 0 aliphatic carbocycles. The molecular weight excluding hydrogens is 656 g/mol. The van der Waals surface area contributed by atoms with Crippen molar-refractivity contribution >= 4 is 44.8 Å². The fourth-order valence-electron chi connectivity index (χ4n) is 5.07. The first-order valence-corrected chi connectivity index (χ1v) is 16.9. The van der Waals surface area contributed by atoms with Crippen molar-refractivity contribution in [3.63, 3.8) is 0 Å². The fraction of sp³-hybridized carbons (Fsp3) is 0.257. The summed E-state index contributed by atoms with van der Waals surface area (Å²) < 4.78 is 34.7. The number of nitrogens with zero attached hydrogens (tertiary/aromatic N) is 3. The molecule has 13 heteroatoms. The Labute approximate surface area is 285 Å². The van der Waals surface area contributed by atoms with Gasteiger partial charge in [0.2, 0.25) is 11.8 Å². The van der Waals surface area contributed by atoms with Gasteiger partial charge in [0.15, 0.2) is 0 Å². The number of benzene rings is 4. The van der Waals surface area contributed by atoms with E-state index in [0.717, 1.165) is 15.9 Å². The summed E-state index contributed by atoms with van der Waals surface area (Å²) in [7, 11) is -3.09. The number of amides is 2. The number of carbonyl (C=O) groups is 2. The number of nitrogens with one attached hydrogen (secondary N) is 1. The van der Waals surface area contributed by atoms with E-state index in [1.165, 1.54) is 43.2 Å². The van der Waals surface area contributed by atoms with E-state index in [0.29, 0.717) is 16.3 Å². The van der Waals surface area contributed by atoms with Gasteiger partial charge in [-0.1, -0.05) is 60.1 Å². The lowest BCUT2D eigenvalue weighted by Crippen LogP contribution is -2.54. The number of sulfonamides is 1. The van der Waals surface area contributed by atoms with Crippen molar-refractivity contribution in [3.05, 3.63) is 129 Å². The van der Waals surface area contributed by atoms with Crippen LogP contribution in [0.3, 0.4) is 0 Å². The minimum Gasteiger partial charge on any atom is -0.497 e. The fourth-order valence-corrected chi connectivity index (χ4v) is 6.63. The number of carbonyl (C=O) groups excluding carboxylic acids is 2. The predicted octanol–water partition coefficient (Wildman–Crippen LogP) is 5.93. The number of hydrogen-bond donors (Lipinski definition) is 1. The highest BCUT2D eigenvalue weighted by Gasteiger charge is 2.35. The largest absolute Gasteiger partial charge is 0.497 e. The Morgan fingerprint density at radius 3 is 2.17 bits per heavy atom. The normalized spacial score (nSPS) is 11.9. The molecular formula is C35H37ClN4O7S. The van der Waals surface area contributed by atoms with Crippen LogP contribution in [0.4, 0.5) is 11.4 Å². The van der Waals surface area contributed by atoms with Crippen molar-refractivity contribution in [3.8, 4) is 5.75 Å². The third-order valence-electron chi connectivity index (χ3n) is 7.57. The highest BCUT2D eigenvalue weighted by Crippen LogP contribution is 2.30. The number of nitro benzene ring substituents is 1. The van der Waals surface area contributed by atoms with Gasteiger partial charge in [0.1, 0.15) is 18.3 Å². The lowest BCUT2D eigenvalue weighted by Gasteiger charge is -2.34. The highest BCUT2D eigenvalue weighted by atomic mass is 35.5. The first-order valence-electron chi connectivity index (χ1n) is 15.1. The van der Waals surface area contributed by atoms with Gasteiger partial charge in [-0.3, -0.25) is 24.0 Å². The Hall–Kier alpha value is -4.94. The van der Waals surface area contributed by atoms with Crippen LogP contribution in [0.2, 0.25) is 5.02 Å². The van der Waals surface area contributed by atoms with Crippen molar-refractivity contribution in [1.82, 2.24) is 10.2 Å². The summed E-state index contributed by atoms with van der Waals surface area (Å²) >= 11 is 6.13. The van der Waals surface area contributed by atoms with Gasteiger partial charge in [-0.05, 0) is 74.4 Å². The highest BCUT2D eigenvalue weighted by molar-refractivity contribution is 7.92. The van der Waals surface area contributed by atoms with Gasteiger partial charge in [0.05, 0.1) is 22.6 Å². The second kappa shape index (κ2) is 15.8. The van der Waals surface area contributed by atoms with Gasteiger partial charge < -0.3 is 15.0 Å². The molecule has 252 valence electrons. The molecule has 0 saturated carbocycles. The zero-order chi connectivity index (χ0) is 35.0. The SMILES string of the molecule is COc1ccc(N(CC(=O)N(Cc2ccc(Cl)cc2)[C@@H](Cc2ccccc2)C(=O)NC(C)C)S(=O)(=O)c2ccc(C)c([N+](=O)[O-])c2)cc1. The Kier molecular flexibility index (Phi) is 11.8. The second-order valence-electron chi connectivity index (χ2n) is 11.4. The van der Waals surface area contributed by atoms with E-state index in [4.69, 9.17) is 16.3 Å². The Morgan fingerprint density at radius 2 is 1.58 bits per heavy atom. The molecule has 0 radical (unpaired) electrons. The van der Waals surface area contributed by atoms with E-state index in [1.807, 2.05) is 44.2 Å². The lowest BCUT2D eigenvalue weighted by atomic mass is 10.0. The molecule has 0 aliphatic rings. The van der Waals surface area contributed by atoms with E-state index >= 15 is 0 Å². The van der Waals surface area contributed by atoms with Crippen LogP contribution in [0.25, 0.3) is 0 Å². The summed E-state index contributed by atoms with van der Waals surface area (Å²) in [4.78, 5) is 40.4. The smallest absolute Gasteiger partial charge is 0.273 e. The van der Waals surface area contributed by atoms with Crippen LogP contribution in [0, 0.1) is 17.0 Å². The molecule has 4 aromatic rings. The van der Waals surface area contributed by atoms with E-state index in [-0.39, 0.29) is 40.8 Å². The molecule has 1 atom stereocenters. The molecule has 0 spiro atoms. The first kappa shape index (κ1) is 35.9. The monoisotopic (exact) mass is 692 g/mol. The number of aryl methyl sites for hydroxylation is 1. The third-order valence-corrected chi connectivity index (χ3v) is 9.59. The van der Waals surface area contributed by atoms with Crippen molar-refractivity contribution in [1.29, 1.82) is 0 Å². The third kappa shape index (κ3) is 8.90. The summed E-state index contributed by atoms with van der Waals surface area (Å²) in [5.74, 6) is -0.638. The van der Waals surface area contributed by atoms with Crippen LogP contribution in [0.5, 0.6) is 5.75 Å². The van der Waals surface area contributed by atoms with Crippen LogP contribution < -0.4 is 14.4 Å². The Morgan fingerprint density at radius 1 is 0.938 bits per heavy atom. The van der Waals surface area contributed by atoms with Gasteiger partial charge in [0.25, 0.3) is 15.7 Å². The summed E-state index contributed by atoms with van der Waals surface area (Å²) in [6, 6.07) is 24.3. The van der Waals surface area contributed by atoms with Gasteiger partial charge in [-0.15, -0.1) is 0 Å². The molecule has 2 amide bonds. The topological polar surface area (TPSA) is 139 Å². The molecule has 0 bridgehead atoms. The quantitative estimate of drug-likeness (QED) is 0.128. The van der Waals surface area contributed by atoms with Crippen LogP contribution in [-0.4, -0.2) is 55.8 Å². The number of hydrogen-bond acceptors (Lipinski definition) is 7. The lowest BCUT2D eigenvalue weighted by molar-refractivity contribution is -0.385. The van der Waals surface area contributed by atoms with E-state index < -0.39 is 39.3 Å². The van der Waals surface area contributed by atoms with Crippen LogP contribution in [0.15, 0.2) is 102 Å². The van der Waals surface area contributed by atoms with Crippen molar-refractivity contribution in [2.24, 2.45) is 0 Å². The zero-order valence-corrected chi connectivity index (χ0v) is 28.6. The number of halogens is 1. The van der Waals surface area contributed by atoms with Crippen LogP contribution >= 0.6 is 11.6 Å². The maximum Gasteiger partial charge on any atom is 0.273 e. The Bertz CT molecular complexity index is 1850. The van der Waals surface area contributed by atoms with E-state index in [2.05, 4.69) is 5.32 Å². The average Bonchev–Trinajstić information content (AvgIpc) is 3.06. The van der Waals surface area contributed by atoms with Gasteiger partial charge in [0, 0.05) is 35.7 Å². The molecule has 0 aromatic heterocycles. The average molecular weight is 693 g/mol. The standard InChI is InChI=1S/C35H37ClN4O7S/c1-24(2)37-35(42)33(20-26-8-6-5-7-9-26)38(22-27-11-13-28(36)14-12-27)34(41)23-39(29-15-17-30(47-4)18-16-29)48(45,46)31-19-10-25(3)32(21-31)40(43)44/h5-19,21,24,33H,20,22-23H2,1-4H3,(H,37,42)/t33-/m0/s1. The number of ether oxygens (including phenoxy) is 1. The van der Waals surface area contributed by atoms with Gasteiger partial charge in [-0.25, -0.2) is 8.42 Å². The number of anilines is 1. The summed E-state index contributed by atoms with van der Waals surface area (Å²) in [5.41, 5.74) is 1.47. The number of rotatable bonds is 14. The molecule has 11 nitrogen and oxygen atoms in total. The summed E-state index contributed by atoms with van der Waals surface area (Å²) in [6.07, 6.45) is 0.151. The maximum absolute atomic E-state index is 14.5. The van der Waals surface area contributed by atoms with Crippen LogP contribution in [0.1, 0.15) is 30.5 Å². The van der Waals surface area contributed by atoms with E-state index in [9.17, 15) is 28.1 Å². The predicted molar refractivity (Wildman–Crippen MR) is 185 cm³/mol. The maximum atomic E-state index is 14.5. The summed E-state index contributed by atoms with van der Waals surface area (Å²) in [5, 5.41) is 15.1.